The second-order valence-electron chi connectivity index (χ2n) is 6.49. The number of carbonyl (C=O) groups excluding carboxylic acids is 1. The molecule has 0 aromatic heterocycles. The number of nitrogens with zero attached hydrogens (tertiary/aromatic N) is 1. The summed E-state index contributed by atoms with van der Waals surface area (Å²) in [5.41, 5.74) is 0.187. The highest BCUT2D eigenvalue weighted by Crippen LogP contribution is 2.43. The van der Waals surface area contributed by atoms with Crippen molar-refractivity contribution in [3.63, 3.8) is 0 Å². The normalized spacial score (nSPS) is 18.0. The summed E-state index contributed by atoms with van der Waals surface area (Å²) in [6, 6.07) is 10.1. The molecule has 0 heterocycles. The zero-order valence-electron chi connectivity index (χ0n) is 12.7. The van der Waals surface area contributed by atoms with Crippen molar-refractivity contribution >= 4 is 5.91 Å². The lowest BCUT2D eigenvalue weighted by Crippen LogP contribution is -2.54. The molecular formula is C17H25NO2. The van der Waals surface area contributed by atoms with E-state index in [9.17, 15) is 9.90 Å². The molecule has 0 atom stereocenters. The second-order valence-corrected chi connectivity index (χ2v) is 6.49. The molecule has 1 aromatic rings. The van der Waals surface area contributed by atoms with Crippen molar-refractivity contribution in [3.05, 3.63) is 35.9 Å². The Balaban J connectivity index is 2.37. The number of aliphatic hydroxyl groups excluding tert-OH is 1. The summed E-state index contributed by atoms with van der Waals surface area (Å²) < 4.78 is 0. The van der Waals surface area contributed by atoms with Gasteiger partial charge in [-0.25, -0.2) is 0 Å². The van der Waals surface area contributed by atoms with E-state index in [1.165, 1.54) is 0 Å². The van der Waals surface area contributed by atoms with Gasteiger partial charge in [0, 0.05) is 7.05 Å². The zero-order chi connectivity index (χ0) is 14.8. The quantitative estimate of drug-likeness (QED) is 0.918. The van der Waals surface area contributed by atoms with Gasteiger partial charge in [0.15, 0.2) is 0 Å². The van der Waals surface area contributed by atoms with Crippen molar-refractivity contribution in [1.82, 2.24) is 4.90 Å². The van der Waals surface area contributed by atoms with Crippen LogP contribution in [0.2, 0.25) is 0 Å². The third kappa shape index (κ3) is 2.47. The Labute approximate surface area is 121 Å². The summed E-state index contributed by atoms with van der Waals surface area (Å²) in [7, 11) is 1.81. The molecule has 1 saturated carbocycles. The summed E-state index contributed by atoms with van der Waals surface area (Å²) in [4.78, 5) is 14.8. The fraction of sp³-hybridized carbons (Fsp3) is 0.588. The summed E-state index contributed by atoms with van der Waals surface area (Å²) in [6.07, 6.45) is 3.99. The Morgan fingerprint density at radius 2 is 1.80 bits per heavy atom. The smallest absolute Gasteiger partial charge is 0.233 e. The molecule has 1 fully saturated rings. The Hall–Kier alpha value is -1.35. The summed E-state index contributed by atoms with van der Waals surface area (Å²) in [6.45, 7) is 3.77. The summed E-state index contributed by atoms with van der Waals surface area (Å²) in [5, 5.41) is 9.52. The molecule has 1 aliphatic rings. The Morgan fingerprint density at radius 3 is 2.30 bits per heavy atom. The molecule has 2 rings (SSSR count). The molecule has 0 radical (unpaired) electrons. The number of benzene rings is 1. The molecule has 1 amide bonds. The van der Waals surface area contributed by atoms with Gasteiger partial charge < -0.3 is 10.0 Å². The number of hydrogen-bond acceptors (Lipinski definition) is 2. The average Bonchev–Trinajstić information content (AvgIpc) is 2.97. The van der Waals surface area contributed by atoms with Crippen molar-refractivity contribution in [2.45, 2.75) is 50.5 Å². The molecule has 20 heavy (non-hydrogen) atoms. The van der Waals surface area contributed by atoms with Gasteiger partial charge in [-0.05, 0) is 32.3 Å². The van der Waals surface area contributed by atoms with Crippen LogP contribution >= 0.6 is 0 Å². The first-order chi connectivity index (χ1) is 9.44. The fourth-order valence-electron chi connectivity index (χ4n) is 3.06. The molecule has 110 valence electrons. The van der Waals surface area contributed by atoms with Crippen LogP contribution in [0.5, 0.6) is 0 Å². The highest BCUT2D eigenvalue weighted by Gasteiger charge is 2.46. The van der Waals surface area contributed by atoms with Gasteiger partial charge in [0.1, 0.15) is 0 Å². The minimum absolute atomic E-state index is 0.0277. The van der Waals surface area contributed by atoms with E-state index >= 15 is 0 Å². The molecule has 3 heteroatoms. The number of likely N-dealkylation sites (N-methyl/N-ethyl adjacent to an activating group) is 1. The average molecular weight is 275 g/mol. The van der Waals surface area contributed by atoms with Crippen LogP contribution in [0.1, 0.15) is 45.1 Å². The van der Waals surface area contributed by atoms with E-state index in [4.69, 9.17) is 0 Å². The van der Waals surface area contributed by atoms with Crippen molar-refractivity contribution in [2.24, 2.45) is 0 Å². The zero-order valence-corrected chi connectivity index (χ0v) is 12.7. The van der Waals surface area contributed by atoms with Gasteiger partial charge >= 0.3 is 0 Å². The third-order valence-corrected chi connectivity index (χ3v) is 4.79. The van der Waals surface area contributed by atoms with E-state index in [0.29, 0.717) is 0 Å². The number of carbonyl (C=O) groups is 1. The van der Waals surface area contributed by atoms with Gasteiger partial charge in [0.05, 0.1) is 17.6 Å². The van der Waals surface area contributed by atoms with E-state index in [0.717, 1.165) is 31.2 Å². The highest BCUT2D eigenvalue weighted by molar-refractivity contribution is 5.89. The molecule has 0 spiro atoms. The van der Waals surface area contributed by atoms with Crippen LogP contribution < -0.4 is 0 Å². The van der Waals surface area contributed by atoms with Crippen LogP contribution in [-0.4, -0.2) is 35.1 Å². The SMILES string of the molecule is CN(C(=O)C1(c2ccccc2)CCCC1)C(C)(C)CO. The van der Waals surface area contributed by atoms with Gasteiger partial charge in [-0.1, -0.05) is 43.2 Å². The van der Waals surface area contributed by atoms with E-state index < -0.39 is 11.0 Å². The molecule has 0 bridgehead atoms. The maximum absolute atomic E-state index is 13.1. The number of amides is 1. The third-order valence-electron chi connectivity index (χ3n) is 4.79. The number of rotatable bonds is 4. The largest absolute Gasteiger partial charge is 0.394 e. The molecular weight excluding hydrogens is 250 g/mol. The topological polar surface area (TPSA) is 40.5 Å². The molecule has 0 unspecified atom stereocenters. The summed E-state index contributed by atoms with van der Waals surface area (Å²) in [5.74, 6) is 0.139. The molecule has 1 aliphatic carbocycles. The van der Waals surface area contributed by atoms with Crippen LogP contribution in [0, 0.1) is 0 Å². The lowest BCUT2D eigenvalue weighted by Gasteiger charge is -2.40. The highest BCUT2D eigenvalue weighted by atomic mass is 16.3. The predicted octanol–water partition coefficient (Wildman–Crippen LogP) is 2.73. The predicted molar refractivity (Wildman–Crippen MR) is 80.5 cm³/mol. The van der Waals surface area contributed by atoms with E-state index in [-0.39, 0.29) is 12.5 Å². The monoisotopic (exact) mass is 275 g/mol. The summed E-state index contributed by atoms with van der Waals surface area (Å²) >= 11 is 0. The molecule has 0 aliphatic heterocycles. The molecule has 1 aromatic carbocycles. The Kier molecular flexibility index (Phi) is 4.19. The van der Waals surface area contributed by atoms with Gasteiger partial charge in [0.2, 0.25) is 5.91 Å². The first-order valence-electron chi connectivity index (χ1n) is 7.39. The van der Waals surface area contributed by atoms with Gasteiger partial charge in [-0.2, -0.15) is 0 Å². The fourth-order valence-corrected chi connectivity index (χ4v) is 3.06. The second kappa shape index (κ2) is 5.57. The van der Waals surface area contributed by atoms with Gasteiger partial charge in [0.25, 0.3) is 0 Å². The number of aliphatic hydroxyl groups is 1. The van der Waals surface area contributed by atoms with Crippen LogP contribution in [0.4, 0.5) is 0 Å². The maximum atomic E-state index is 13.1. The minimum atomic E-state index is -0.526. The van der Waals surface area contributed by atoms with E-state index in [1.54, 1.807) is 4.90 Å². The van der Waals surface area contributed by atoms with Crippen molar-refractivity contribution in [3.8, 4) is 0 Å². The minimum Gasteiger partial charge on any atom is -0.394 e. The van der Waals surface area contributed by atoms with Gasteiger partial charge in [-0.15, -0.1) is 0 Å². The van der Waals surface area contributed by atoms with E-state index in [2.05, 4.69) is 12.1 Å². The Bertz CT molecular complexity index is 461. The van der Waals surface area contributed by atoms with Gasteiger partial charge in [-0.3, -0.25) is 4.79 Å². The van der Waals surface area contributed by atoms with Crippen LogP contribution in [0.3, 0.4) is 0 Å². The van der Waals surface area contributed by atoms with E-state index in [1.807, 2.05) is 39.1 Å². The van der Waals surface area contributed by atoms with Crippen LogP contribution in [-0.2, 0) is 10.2 Å². The maximum Gasteiger partial charge on any atom is 0.233 e. The lowest BCUT2D eigenvalue weighted by molar-refractivity contribution is -0.142. The molecule has 3 nitrogen and oxygen atoms in total. The lowest BCUT2D eigenvalue weighted by atomic mass is 9.77. The molecule has 0 saturated heterocycles. The van der Waals surface area contributed by atoms with Crippen molar-refractivity contribution < 1.29 is 9.90 Å². The molecule has 1 N–H and O–H groups in total. The standard InChI is InChI=1S/C17H25NO2/c1-16(2,13-19)18(3)15(20)17(11-7-8-12-17)14-9-5-4-6-10-14/h4-6,9-10,19H,7-8,11-13H2,1-3H3. The van der Waals surface area contributed by atoms with Crippen molar-refractivity contribution in [2.75, 3.05) is 13.7 Å². The number of hydrogen-bond donors (Lipinski definition) is 1. The Morgan fingerprint density at radius 1 is 1.25 bits per heavy atom. The van der Waals surface area contributed by atoms with Crippen LogP contribution in [0.25, 0.3) is 0 Å². The van der Waals surface area contributed by atoms with Crippen LogP contribution in [0.15, 0.2) is 30.3 Å². The first-order valence-corrected chi connectivity index (χ1v) is 7.39. The van der Waals surface area contributed by atoms with Crippen molar-refractivity contribution in [1.29, 1.82) is 0 Å². The first kappa shape index (κ1) is 15.0.